The van der Waals surface area contributed by atoms with Crippen LogP contribution in [0, 0.1) is 0 Å². The fourth-order valence-corrected chi connectivity index (χ4v) is 2.85. The van der Waals surface area contributed by atoms with Gasteiger partial charge in [0.05, 0.1) is 5.69 Å². The highest BCUT2D eigenvalue weighted by molar-refractivity contribution is 5.97. The van der Waals surface area contributed by atoms with E-state index < -0.39 is 23.9 Å². The van der Waals surface area contributed by atoms with E-state index in [1.165, 1.54) is 17.4 Å². The molecule has 0 radical (unpaired) electrons. The molecule has 1 N–H and O–H groups in total. The number of alkyl halides is 7. The monoisotopic (exact) mass is 410 g/mol. The van der Waals surface area contributed by atoms with E-state index in [0.717, 1.165) is 49.1 Å². The van der Waals surface area contributed by atoms with Crippen LogP contribution in [0.3, 0.4) is 0 Å². The molecule has 1 aromatic heterocycles. The molecular weight excluding hydrogens is 397 g/mol. The topological polar surface area (TPSA) is 55.1 Å². The Kier molecular flexibility index (Phi) is 4.88. The second-order valence-electron chi connectivity index (χ2n) is 6.32. The number of fused-ring (bicyclic) bond motifs is 1. The lowest BCUT2D eigenvalue weighted by molar-refractivity contribution is -0.343. The molecule has 0 unspecified atom stereocenters. The molecule has 0 saturated heterocycles. The fraction of sp³-hybridized carbons (Fsp3) is 0.412. The normalized spacial score (nSPS) is 15.2. The van der Waals surface area contributed by atoms with Gasteiger partial charge in [-0.25, -0.2) is 0 Å². The zero-order valence-corrected chi connectivity index (χ0v) is 14.0. The number of rotatable bonds is 4. The summed E-state index contributed by atoms with van der Waals surface area (Å²) >= 11 is 0. The molecule has 1 aromatic carbocycles. The Morgan fingerprint density at radius 1 is 0.964 bits per heavy atom. The van der Waals surface area contributed by atoms with Gasteiger partial charge >= 0.3 is 23.9 Å². The SMILES string of the molecule is O=C(Nc1ccc(-c2onc3c2CCCC3)cc1)C(F)(F)C(F)(F)C(F)(F)F. The second kappa shape index (κ2) is 6.78. The van der Waals surface area contributed by atoms with Gasteiger partial charge in [0, 0.05) is 16.8 Å². The van der Waals surface area contributed by atoms with Gasteiger partial charge in [0.1, 0.15) is 0 Å². The van der Waals surface area contributed by atoms with Crippen molar-refractivity contribution in [1.82, 2.24) is 5.16 Å². The lowest BCUT2D eigenvalue weighted by Gasteiger charge is -2.27. The van der Waals surface area contributed by atoms with Crippen molar-refractivity contribution in [3.05, 3.63) is 35.5 Å². The first kappa shape index (κ1) is 20.2. The van der Waals surface area contributed by atoms with Gasteiger partial charge in [-0.2, -0.15) is 30.7 Å². The van der Waals surface area contributed by atoms with Crippen LogP contribution in [-0.4, -0.2) is 29.1 Å². The molecular formula is C17H13F7N2O2. The van der Waals surface area contributed by atoms with E-state index in [9.17, 15) is 35.5 Å². The maximum absolute atomic E-state index is 13.4. The number of nitrogens with one attached hydrogen (secondary N) is 1. The molecule has 0 aliphatic heterocycles. The minimum atomic E-state index is -6.58. The van der Waals surface area contributed by atoms with E-state index >= 15 is 0 Å². The van der Waals surface area contributed by atoms with Gasteiger partial charge in [0.2, 0.25) is 0 Å². The van der Waals surface area contributed by atoms with Gasteiger partial charge in [-0.3, -0.25) is 4.79 Å². The second-order valence-corrected chi connectivity index (χ2v) is 6.32. The predicted molar refractivity (Wildman–Crippen MR) is 83.2 cm³/mol. The van der Waals surface area contributed by atoms with Crippen LogP contribution in [0.25, 0.3) is 11.3 Å². The number of aryl methyl sites for hydroxylation is 1. The highest BCUT2D eigenvalue weighted by Crippen LogP contribution is 2.47. The number of anilines is 1. The molecule has 11 heteroatoms. The van der Waals surface area contributed by atoms with Crippen LogP contribution < -0.4 is 5.32 Å². The molecule has 3 rings (SSSR count). The van der Waals surface area contributed by atoms with Crippen molar-refractivity contribution in [1.29, 1.82) is 0 Å². The van der Waals surface area contributed by atoms with Crippen LogP contribution in [0.15, 0.2) is 28.8 Å². The van der Waals surface area contributed by atoms with Gasteiger partial charge in [0.15, 0.2) is 5.76 Å². The number of nitrogens with zero attached hydrogens (tertiary/aromatic N) is 1. The van der Waals surface area contributed by atoms with E-state index in [-0.39, 0.29) is 5.69 Å². The van der Waals surface area contributed by atoms with Crippen LogP contribution >= 0.6 is 0 Å². The lowest BCUT2D eigenvalue weighted by Crippen LogP contribution is -2.57. The predicted octanol–water partition coefficient (Wildman–Crippen LogP) is 4.99. The van der Waals surface area contributed by atoms with Crippen LogP contribution in [0.5, 0.6) is 0 Å². The van der Waals surface area contributed by atoms with Gasteiger partial charge in [-0.15, -0.1) is 0 Å². The van der Waals surface area contributed by atoms with Crippen molar-refractivity contribution in [3.8, 4) is 11.3 Å². The molecule has 1 aliphatic carbocycles. The molecule has 2 aromatic rings. The average Bonchev–Trinajstić information content (AvgIpc) is 3.05. The van der Waals surface area contributed by atoms with Gasteiger partial charge in [-0.1, -0.05) is 5.16 Å². The molecule has 0 fully saturated rings. The number of halogens is 7. The molecule has 0 bridgehead atoms. The standard InChI is InChI=1S/C17H13F7N2O2/c18-15(19,16(20,21)17(22,23)24)14(27)25-10-7-5-9(6-8-10)13-11-3-1-2-4-12(11)26-28-13/h5-8H,1-4H2,(H,25,27). The van der Waals surface area contributed by atoms with Gasteiger partial charge in [0.25, 0.3) is 0 Å². The maximum Gasteiger partial charge on any atom is 0.460 e. The third-order valence-corrected chi connectivity index (χ3v) is 4.40. The number of carbonyl (C=O) groups excluding carboxylic acids is 1. The number of amides is 1. The highest BCUT2D eigenvalue weighted by atomic mass is 19.4. The summed E-state index contributed by atoms with van der Waals surface area (Å²) in [5.74, 6) is -14.8. The largest absolute Gasteiger partial charge is 0.460 e. The maximum atomic E-state index is 13.4. The first-order valence-electron chi connectivity index (χ1n) is 8.17. The Labute approximate surface area is 153 Å². The Balaban J connectivity index is 1.78. The Morgan fingerprint density at radius 3 is 2.18 bits per heavy atom. The molecule has 152 valence electrons. The van der Waals surface area contributed by atoms with Crippen molar-refractivity contribution < 1.29 is 40.1 Å². The third kappa shape index (κ3) is 3.33. The summed E-state index contributed by atoms with van der Waals surface area (Å²) in [4.78, 5) is 11.4. The average molecular weight is 410 g/mol. The zero-order valence-electron chi connectivity index (χ0n) is 14.0. The molecule has 0 saturated carbocycles. The first-order chi connectivity index (χ1) is 12.9. The number of carbonyl (C=O) groups is 1. The van der Waals surface area contributed by atoms with Crippen LogP contribution in [-0.2, 0) is 17.6 Å². The van der Waals surface area contributed by atoms with Crippen molar-refractivity contribution in [2.75, 3.05) is 5.32 Å². The van der Waals surface area contributed by atoms with Crippen molar-refractivity contribution in [2.24, 2.45) is 0 Å². The minimum absolute atomic E-state index is 0.375. The van der Waals surface area contributed by atoms with Gasteiger partial charge in [-0.05, 0) is 49.9 Å². The van der Waals surface area contributed by atoms with E-state index in [1.54, 1.807) is 0 Å². The van der Waals surface area contributed by atoms with E-state index in [2.05, 4.69) is 5.16 Å². The van der Waals surface area contributed by atoms with E-state index in [1.807, 2.05) is 0 Å². The Morgan fingerprint density at radius 2 is 1.57 bits per heavy atom. The van der Waals surface area contributed by atoms with Crippen LogP contribution in [0.2, 0.25) is 0 Å². The number of hydrogen-bond donors (Lipinski definition) is 1. The number of benzene rings is 1. The Bertz CT molecular complexity index is 873. The van der Waals surface area contributed by atoms with Crippen molar-refractivity contribution in [3.63, 3.8) is 0 Å². The summed E-state index contributed by atoms with van der Waals surface area (Å²) in [5, 5.41) is 5.33. The Hall–Kier alpha value is -2.59. The zero-order chi connectivity index (χ0) is 20.7. The molecule has 4 nitrogen and oxygen atoms in total. The quantitative estimate of drug-likeness (QED) is 0.723. The van der Waals surface area contributed by atoms with E-state index in [4.69, 9.17) is 4.52 Å². The van der Waals surface area contributed by atoms with Crippen LogP contribution in [0.1, 0.15) is 24.1 Å². The summed E-state index contributed by atoms with van der Waals surface area (Å²) in [6.45, 7) is 0. The summed E-state index contributed by atoms with van der Waals surface area (Å²) < 4.78 is 94.3. The molecule has 1 heterocycles. The molecule has 0 spiro atoms. The summed E-state index contributed by atoms with van der Waals surface area (Å²) in [7, 11) is 0. The minimum Gasteiger partial charge on any atom is -0.356 e. The molecule has 28 heavy (non-hydrogen) atoms. The highest BCUT2D eigenvalue weighted by Gasteiger charge is 2.76. The summed E-state index contributed by atoms with van der Waals surface area (Å²) in [6.07, 6.45) is -3.16. The molecule has 1 aliphatic rings. The van der Waals surface area contributed by atoms with Crippen LogP contribution in [0.4, 0.5) is 36.4 Å². The fourth-order valence-electron chi connectivity index (χ4n) is 2.85. The first-order valence-corrected chi connectivity index (χ1v) is 8.17. The summed E-state index contributed by atoms with van der Waals surface area (Å²) in [6, 6.07) is 4.88. The van der Waals surface area contributed by atoms with Crippen molar-refractivity contribution >= 4 is 11.6 Å². The number of aromatic nitrogens is 1. The summed E-state index contributed by atoms with van der Waals surface area (Å²) in [5.41, 5.74) is 1.84. The molecule has 1 amide bonds. The third-order valence-electron chi connectivity index (χ3n) is 4.40. The lowest BCUT2D eigenvalue weighted by atomic mass is 9.94. The van der Waals surface area contributed by atoms with Crippen molar-refractivity contribution in [2.45, 2.75) is 43.7 Å². The van der Waals surface area contributed by atoms with E-state index in [0.29, 0.717) is 11.3 Å². The molecule has 0 atom stereocenters. The smallest absolute Gasteiger partial charge is 0.356 e. The van der Waals surface area contributed by atoms with Gasteiger partial charge < -0.3 is 9.84 Å². The number of hydrogen-bond acceptors (Lipinski definition) is 3.